The Labute approximate surface area is 91.8 Å². The van der Waals surface area contributed by atoms with E-state index >= 15 is 0 Å². The molecule has 1 fully saturated rings. The minimum absolute atomic E-state index is 0.255. The highest BCUT2D eigenvalue weighted by Gasteiger charge is 2.31. The molecule has 0 spiro atoms. The number of Topliss-reactive ketones (excluding diaryl/α,β-unsaturated/α-hetero) is 1. The van der Waals surface area contributed by atoms with E-state index in [9.17, 15) is 14.4 Å². The van der Waals surface area contributed by atoms with Gasteiger partial charge in [-0.05, 0) is 0 Å². The Bertz CT molecular complexity index is 442. The molecule has 0 saturated carbocycles. The molecule has 1 saturated heterocycles. The fraction of sp³-hybridized carbons (Fsp3) is 0.182. The smallest absolute Gasteiger partial charge is 0.293 e. The molecule has 1 unspecified atom stereocenters. The maximum atomic E-state index is 11.6. The quantitative estimate of drug-likeness (QED) is 0.407. The minimum atomic E-state index is -0.744. The highest BCUT2D eigenvalue weighted by molar-refractivity contribution is 6.43. The zero-order valence-corrected chi connectivity index (χ0v) is 8.40. The summed E-state index contributed by atoms with van der Waals surface area (Å²) in [6, 6.07) is 7.66. The molecule has 0 radical (unpaired) electrons. The second kappa shape index (κ2) is 4.14. The Balaban J connectivity index is 2.00. The summed E-state index contributed by atoms with van der Waals surface area (Å²) < 4.78 is 0. The van der Waals surface area contributed by atoms with Crippen LogP contribution in [0.15, 0.2) is 30.3 Å². The molecule has 5 heteroatoms. The summed E-state index contributed by atoms with van der Waals surface area (Å²) in [7, 11) is 0. The molecule has 0 aliphatic carbocycles. The summed E-state index contributed by atoms with van der Waals surface area (Å²) >= 11 is 0. The van der Waals surface area contributed by atoms with E-state index in [0.717, 1.165) is 0 Å². The number of hydrogen-bond acceptors (Lipinski definition) is 3. The van der Waals surface area contributed by atoms with Gasteiger partial charge in [-0.3, -0.25) is 14.4 Å². The fourth-order valence-electron chi connectivity index (χ4n) is 1.35. The van der Waals surface area contributed by atoms with E-state index in [1.165, 1.54) is 0 Å². The Morgan fingerprint density at radius 2 is 1.94 bits per heavy atom. The Hall–Kier alpha value is -2.17. The van der Waals surface area contributed by atoms with E-state index in [-0.39, 0.29) is 5.91 Å². The van der Waals surface area contributed by atoms with E-state index in [4.69, 9.17) is 0 Å². The summed E-state index contributed by atoms with van der Waals surface area (Å²) in [5, 5.41) is 4.84. The number of rotatable bonds is 3. The molecule has 0 aromatic heterocycles. The van der Waals surface area contributed by atoms with Crippen LogP contribution in [0.4, 0.5) is 0 Å². The molecule has 0 bridgehead atoms. The first kappa shape index (κ1) is 10.4. The van der Waals surface area contributed by atoms with Crippen molar-refractivity contribution in [3.05, 3.63) is 35.9 Å². The van der Waals surface area contributed by atoms with Crippen molar-refractivity contribution < 1.29 is 14.4 Å². The molecule has 1 aromatic rings. The molecular formula is C11H10N2O3. The van der Waals surface area contributed by atoms with Crippen LogP contribution in [-0.2, 0) is 9.59 Å². The van der Waals surface area contributed by atoms with Gasteiger partial charge in [0.1, 0.15) is 6.04 Å². The lowest BCUT2D eigenvalue weighted by Crippen LogP contribution is -2.62. The van der Waals surface area contributed by atoms with Crippen molar-refractivity contribution in [2.75, 3.05) is 6.54 Å². The van der Waals surface area contributed by atoms with Gasteiger partial charge in [0.25, 0.3) is 5.91 Å². The maximum absolute atomic E-state index is 11.6. The maximum Gasteiger partial charge on any atom is 0.293 e. The monoisotopic (exact) mass is 218 g/mol. The average molecular weight is 218 g/mol. The van der Waals surface area contributed by atoms with Crippen LogP contribution >= 0.6 is 0 Å². The molecule has 5 nitrogen and oxygen atoms in total. The molecule has 1 aliphatic rings. The van der Waals surface area contributed by atoms with Crippen LogP contribution in [0.5, 0.6) is 0 Å². The number of carbonyl (C=O) groups excluding carboxylic acids is 3. The number of amides is 2. The molecular weight excluding hydrogens is 208 g/mol. The largest absolute Gasteiger partial charge is 0.352 e. The van der Waals surface area contributed by atoms with E-state index in [1.807, 2.05) is 0 Å². The molecule has 1 atom stereocenters. The van der Waals surface area contributed by atoms with Crippen molar-refractivity contribution in [3.8, 4) is 0 Å². The van der Waals surface area contributed by atoms with E-state index in [0.29, 0.717) is 12.1 Å². The molecule has 16 heavy (non-hydrogen) atoms. The first-order valence-corrected chi connectivity index (χ1v) is 4.86. The topological polar surface area (TPSA) is 75.3 Å². The first-order valence-electron chi connectivity index (χ1n) is 4.86. The molecule has 1 aliphatic heterocycles. The van der Waals surface area contributed by atoms with Crippen molar-refractivity contribution in [1.29, 1.82) is 0 Å². The molecule has 1 aromatic carbocycles. The summed E-state index contributed by atoms with van der Waals surface area (Å²) in [6.07, 6.45) is 0. The number of β-lactam (4-membered cyclic amide) rings is 1. The van der Waals surface area contributed by atoms with Gasteiger partial charge >= 0.3 is 0 Å². The summed E-state index contributed by atoms with van der Waals surface area (Å²) in [5.74, 6) is -1.62. The highest BCUT2D eigenvalue weighted by atomic mass is 16.2. The van der Waals surface area contributed by atoms with Crippen molar-refractivity contribution in [2.45, 2.75) is 6.04 Å². The van der Waals surface area contributed by atoms with Crippen molar-refractivity contribution in [2.24, 2.45) is 0 Å². The second-order valence-electron chi connectivity index (χ2n) is 3.47. The van der Waals surface area contributed by atoms with Crippen LogP contribution in [0.25, 0.3) is 0 Å². The fourth-order valence-corrected chi connectivity index (χ4v) is 1.35. The van der Waals surface area contributed by atoms with Gasteiger partial charge in [0.05, 0.1) is 0 Å². The minimum Gasteiger partial charge on any atom is -0.352 e. The van der Waals surface area contributed by atoms with Gasteiger partial charge in [-0.25, -0.2) is 0 Å². The van der Waals surface area contributed by atoms with Crippen LogP contribution in [0.2, 0.25) is 0 Å². The van der Waals surface area contributed by atoms with Crippen LogP contribution in [0, 0.1) is 0 Å². The molecule has 1 heterocycles. The van der Waals surface area contributed by atoms with E-state index in [1.54, 1.807) is 30.3 Å². The van der Waals surface area contributed by atoms with Gasteiger partial charge < -0.3 is 10.6 Å². The van der Waals surface area contributed by atoms with Gasteiger partial charge in [-0.2, -0.15) is 0 Å². The molecule has 82 valence electrons. The number of nitrogens with one attached hydrogen (secondary N) is 2. The lowest BCUT2D eigenvalue weighted by atomic mass is 10.1. The lowest BCUT2D eigenvalue weighted by Gasteiger charge is -2.26. The van der Waals surface area contributed by atoms with Gasteiger partial charge in [0.2, 0.25) is 11.7 Å². The zero-order valence-electron chi connectivity index (χ0n) is 8.40. The Kier molecular flexibility index (Phi) is 2.68. The third-order valence-electron chi connectivity index (χ3n) is 2.34. The number of ketones is 1. The predicted molar refractivity (Wildman–Crippen MR) is 55.7 cm³/mol. The SMILES string of the molecule is O=C(NC1CNC1=O)C(=O)c1ccccc1. The molecule has 2 rings (SSSR count). The zero-order chi connectivity index (χ0) is 11.5. The normalized spacial score (nSPS) is 18.2. The van der Waals surface area contributed by atoms with Crippen LogP contribution in [0.3, 0.4) is 0 Å². The summed E-state index contributed by atoms with van der Waals surface area (Å²) in [4.78, 5) is 33.9. The summed E-state index contributed by atoms with van der Waals surface area (Å²) in [6.45, 7) is 0.382. The number of hydrogen-bond donors (Lipinski definition) is 2. The van der Waals surface area contributed by atoms with E-state index in [2.05, 4.69) is 10.6 Å². The molecule has 2 amide bonds. The Morgan fingerprint density at radius 3 is 2.44 bits per heavy atom. The van der Waals surface area contributed by atoms with Crippen molar-refractivity contribution in [1.82, 2.24) is 10.6 Å². The highest BCUT2D eigenvalue weighted by Crippen LogP contribution is 2.01. The van der Waals surface area contributed by atoms with Crippen LogP contribution < -0.4 is 10.6 Å². The van der Waals surface area contributed by atoms with Gasteiger partial charge in [0.15, 0.2) is 0 Å². The van der Waals surface area contributed by atoms with E-state index < -0.39 is 17.7 Å². The third kappa shape index (κ3) is 1.93. The third-order valence-corrected chi connectivity index (χ3v) is 2.34. The predicted octanol–water partition coefficient (Wildman–Crippen LogP) is -0.516. The van der Waals surface area contributed by atoms with Gasteiger partial charge in [-0.1, -0.05) is 30.3 Å². The standard InChI is InChI=1S/C11H10N2O3/c14-9(7-4-2-1-3-5-7)11(16)13-8-6-12-10(8)15/h1-5,8H,6H2,(H,12,15)(H,13,16). The average Bonchev–Trinajstić information content (AvgIpc) is 2.34. The van der Waals surface area contributed by atoms with Gasteiger partial charge in [0, 0.05) is 12.1 Å². The van der Waals surface area contributed by atoms with Crippen molar-refractivity contribution >= 4 is 17.6 Å². The number of benzene rings is 1. The molecule has 2 N–H and O–H groups in total. The first-order chi connectivity index (χ1) is 7.68. The lowest BCUT2D eigenvalue weighted by molar-refractivity contribution is -0.131. The van der Waals surface area contributed by atoms with Crippen LogP contribution in [-0.4, -0.2) is 30.2 Å². The van der Waals surface area contributed by atoms with Crippen molar-refractivity contribution in [3.63, 3.8) is 0 Å². The van der Waals surface area contributed by atoms with Gasteiger partial charge in [-0.15, -0.1) is 0 Å². The van der Waals surface area contributed by atoms with Crippen LogP contribution in [0.1, 0.15) is 10.4 Å². The summed E-state index contributed by atoms with van der Waals surface area (Å²) in [5.41, 5.74) is 0.319. The Morgan fingerprint density at radius 1 is 1.25 bits per heavy atom. The second-order valence-corrected chi connectivity index (χ2v) is 3.47. The number of carbonyl (C=O) groups is 3.